The van der Waals surface area contributed by atoms with Crippen LogP contribution in [0, 0.1) is 5.92 Å². The highest BCUT2D eigenvalue weighted by Gasteiger charge is 2.20. The molecule has 0 radical (unpaired) electrons. The highest BCUT2D eigenvalue weighted by atomic mass is 32.1. The molecule has 2 heterocycles. The average Bonchev–Trinajstić information content (AvgIpc) is 3.19. The molecule has 2 atom stereocenters. The molecule has 0 fully saturated rings. The molecular weight excluding hydrogens is 332 g/mol. The first-order valence-corrected chi connectivity index (χ1v) is 9.03. The van der Waals surface area contributed by atoms with E-state index in [-0.39, 0.29) is 0 Å². The van der Waals surface area contributed by atoms with Crippen LogP contribution in [0.2, 0.25) is 0 Å². The Morgan fingerprint density at radius 1 is 1.26 bits per heavy atom. The summed E-state index contributed by atoms with van der Waals surface area (Å²) in [6.07, 6.45) is 2.36. The van der Waals surface area contributed by atoms with Crippen molar-refractivity contribution in [1.82, 2.24) is 9.97 Å². The highest BCUT2D eigenvalue weighted by Crippen LogP contribution is 2.28. The summed E-state index contributed by atoms with van der Waals surface area (Å²) in [6.45, 7) is 5.85. The third-order valence-corrected chi connectivity index (χ3v) is 5.33. The number of carbonyl (C=O) groups excluding carboxylic acids is 1. The van der Waals surface area contributed by atoms with Gasteiger partial charge in [0, 0.05) is 16.7 Å². The molecule has 7 heteroatoms. The molecule has 0 aliphatic rings. The largest absolute Gasteiger partial charge is 0.469 e. The van der Waals surface area contributed by atoms with Gasteiger partial charge in [-0.25, -0.2) is 9.97 Å². The zero-order valence-electron chi connectivity index (χ0n) is 13.5. The van der Waals surface area contributed by atoms with Gasteiger partial charge in [-0.15, -0.1) is 22.7 Å². The first-order chi connectivity index (χ1) is 10.9. The molecule has 0 aromatic carbocycles. The molecule has 0 saturated carbocycles. The normalized spacial score (nSPS) is 14.3. The van der Waals surface area contributed by atoms with Gasteiger partial charge in [0.1, 0.15) is 10.7 Å². The number of methoxy groups -OCH3 is 1. The van der Waals surface area contributed by atoms with E-state index in [2.05, 4.69) is 28.6 Å². The first kappa shape index (κ1) is 17.8. The van der Waals surface area contributed by atoms with E-state index in [0.29, 0.717) is 5.92 Å². The monoisotopic (exact) mass is 352 g/mol. The average molecular weight is 352 g/mol. The molecule has 0 unspecified atom stereocenters. The second-order valence-corrected chi connectivity index (χ2v) is 7.21. The summed E-state index contributed by atoms with van der Waals surface area (Å²) in [5.74, 6) is -0.644. The summed E-state index contributed by atoms with van der Waals surface area (Å²) in [4.78, 5) is 20.5. The second kappa shape index (κ2) is 7.81. The molecule has 1 N–H and O–H groups in total. The lowest BCUT2D eigenvalue weighted by Crippen LogP contribution is -2.24. The van der Waals surface area contributed by atoms with Gasteiger partial charge >= 0.3 is 5.97 Å². The van der Waals surface area contributed by atoms with Crippen LogP contribution in [0.15, 0.2) is 16.8 Å². The summed E-state index contributed by atoms with van der Waals surface area (Å²) < 4.78 is 4.62. The number of carbonyl (C=O) groups is 1. The van der Waals surface area contributed by atoms with Gasteiger partial charge in [0.2, 0.25) is 0 Å². The van der Waals surface area contributed by atoms with Crippen LogP contribution in [-0.2, 0) is 9.53 Å². The van der Waals surface area contributed by atoms with Crippen molar-refractivity contribution >= 4 is 34.7 Å². The van der Waals surface area contributed by atoms with Crippen LogP contribution in [0.25, 0.3) is 16.8 Å². The fourth-order valence-electron chi connectivity index (χ4n) is 1.82. The Morgan fingerprint density at radius 2 is 2.00 bits per heavy atom. The van der Waals surface area contributed by atoms with E-state index in [0.717, 1.165) is 21.4 Å². The molecular formula is C16H20N2O3S2. The summed E-state index contributed by atoms with van der Waals surface area (Å²) in [6, 6.07) is 0. The summed E-state index contributed by atoms with van der Waals surface area (Å²) >= 11 is 3.14. The summed E-state index contributed by atoms with van der Waals surface area (Å²) in [7, 11) is 1.31. The number of hydrogen-bond donors (Lipinski definition) is 1. The highest BCUT2D eigenvalue weighted by molar-refractivity contribution is 7.14. The number of thiazole rings is 2. The molecule has 0 spiro atoms. The van der Waals surface area contributed by atoms with Gasteiger partial charge in [-0.1, -0.05) is 19.9 Å². The summed E-state index contributed by atoms with van der Waals surface area (Å²) in [5, 5.41) is 15.8. The van der Waals surface area contributed by atoms with E-state index < -0.39 is 18.0 Å². The Balaban J connectivity index is 2.07. The van der Waals surface area contributed by atoms with Gasteiger partial charge in [0.05, 0.1) is 29.8 Å². The molecule has 0 amide bonds. The van der Waals surface area contributed by atoms with Gasteiger partial charge in [0.25, 0.3) is 0 Å². The third kappa shape index (κ3) is 4.46. The molecule has 2 aromatic heterocycles. The van der Waals surface area contributed by atoms with Crippen LogP contribution in [0.3, 0.4) is 0 Å². The Bertz CT molecular complexity index is 691. The SMILES string of the molecule is COC(=O)[C@H](C)[C@@H](O)/C=C/c1csc(-c2csc(C(C)C)n2)n1. The van der Waals surface area contributed by atoms with Gasteiger partial charge in [-0.2, -0.15) is 0 Å². The smallest absolute Gasteiger partial charge is 0.311 e. The Labute approximate surface area is 143 Å². The number of aliphatic hydroxyl groups excluding tert-OH is 1. The molecule has 2 rings (SSSR count). The van der Waals surface area contributed by atoms with Crippen molar-refractivity contribution in [3.63, 3.8) is 0 Å². The van der Waals surface area contributed by atoms with Crippen LogP contribution in [0.5, 0.6) is 0 Å². The van der Waals surface area contributed by atoms with E-state index >= 15 is 0 Å². The van der Waals surface area contributed by atoms with Gasteiger partial charge in [-0.05, 0) is 13.0 Å². The molecule has 2 aromatic rings. The lowest BCUT2D eigenvalue weighted by molar-refractivity contribution is -0.147. The molecule has 0 bridgehead atoms. The van der Waals surface area contributed by atoms with Crippen molar-refractivity contribution < 1.29 is 14.6 Å². The van der Waals surface area contributed by atoms with Crippen LogP contribution < -0.4 is 0 Å². The van der Waals surface area contributed by atoms with E-state index in [1.54, 1.807) is 30.4 Å². The number of hydrogen-bond acceptors (Lipinski definition) is 7. The predicted octanol–water partition coefficient (Wildman–Crippen LogP) is 3.57. The number of rotatable bonds is 6. The predicted molar refractivity (Wildman–Crippen MR) is 93.5 cm³/mol. The second-order valence-electron chi connectivity index (χ2n) is 5.46. The lowest BCUT2D eigenvalue weighted by atomic mass is 10.0. The van der Waals surface area contributed by atoms with Crippen LogP contribution in [-0.4, -0.2) is 34.3 Å². The maximum absolute atomic E-state index is 11.4. The van der Waals surface area contributed by atoms with Crippen LogP contribution in [0.1, 0.15) is 37.4 Å². The number of esters is 1. The van der Waals surface area contributed by atoms with Crippen molar-refractivity contribution in [2.75, 3.05) is 7.11 Å². The Morgan fingerprint density at radius 3 is 2.61 bits per heavy atom. The van der Waals surface area contributed by atoms with Crippen molar-refractivity contribution in [2.24, 2.45) is 5.92 Å². The first-order valence-electron chi connectivity index (χ1n) is 7.27. The minimum Gasteiger partial charge on any atom is -0.469 e. The van der Waals surface area contributed by atoms with Crippen molar-refractivity contribution in [3.8, 4) is 10.7 Å². The maximum Gasteiger partial charge on any atom is 0.311 e. The lowest BCUT2D eigenvalue weighted by Gasteiger charge is -2.12. The minimum absolute atomic E-state index is 0.406. The Kier molecular flexibility index (Phi) is 6.04. The van der Waals surface area contributed by atoms with Crippen molar-refractivity contribution in [3.05, 3.63) is 27.5 Å². The van der Waals surface area contributed by atoms with E-state index in [1.807, 2.05) is 10.8 Å². The maximum atomic E-state index is 11.4. The number of aromatic nitrogens is 2. The van der Waals surface area contributed by atoms with Crippen LogP contribution >= 0.6 is 22.7 Å². The van der Waals surface area contributed by atoms with Gasteiger partial charge < -0.3 is 9.84 Å². The third-order valence-electron chi connectivity index (χ3n) is 3.31. The number of nitrogens with zero attached hydrogens (tertiary/aromatic N) is 2. The summed E-state index contributed by atoms with van der Waals surface area (Å²) in [5.41, 5.74) is 1.62. The minimum atomic E-state index is -0.903. The molecule has 0 aliphatic carbocycles. The standard InChI is InChI=1S/C16H20N2O3S2/c1-9(2)14-18-12(8-23-14)15-17-11(7-22-15)5-6-13(19)10(3)16(20)21-4/h5-10,13,19H,1-4H3/b6-5+/t10-,13+/m1/s1. The van der Waals surface area contributed by atoms with Crippen molar-refractivity contribution in [2.45, 2.75) is 32.8 Å². The van der Waals surface area contributed by atoms with E-state index in [1.165, 1.54) is 18.4 Å². The zero-order valence-corrected chi connectivity index (χ0v) is 15.1. The molecule has 0 aliphatic heterocycles. The fraction of sp³-hybridized carbons (Fsp3) is 0.438. The van der Waals surface area contributed by atoms with E-state index in [9.17, 15) is 9.90 Å². The molecule has 5 nitrogen and oxygen atoms in total. The fourth-order valence-corrected chi connectivity index (χ4v) is 3.46. The molecule has 0 saturated heterocycles. The number of ether oxygens (including phenoxy) is 1. The molecule has 124 valence electrons. The van der Waals surface area contributed by atoms with E-state index in [4.69, 9.17) is 0 Å². The zero-order chi connectivity index (χ0) is 17.0. The quantitative estimate of drug-likeness (QED) is 0.805. The van der Waals surface area contributed by atoms with Gasteiger partial charge in [0.15, 0.2) is 0 Å². The van der Waals surface area contributed by atoms with Crippen LogP contribution in [0.4, 0.5) is 0 Å². The Hall–Kier alpha value is -1.57. The van der Waals surface area contributed by atoms with Gasteiger partial charge in [-0.3, -0.25) is 4.79 Å². The molecule has 23 heavy (non-hydrogen) atoms. The topological polar surface area (TPSA) is 72.3 Å². The van der Waals surface area contributed by atoms with Crippen molar-refractivity contribution in [1.29, 1.82) is 0 Å². The number of aliphatic hydroxyl groups is 1.